The second-order valence-electron chi connectivity index (χ2n) is 6.98. The van der Waals surface area contributed by atoms with Crippen molar-refractivity contribution in [1.29, 1.82) is 0 Å². The minimum Gasteiger partial charge on any atom is -0.493 e. The van der Waals surface area contributed by atoms with E-state index in [0.29, 0.717) is 28.5 Å². The van der Waals surface area contributed by atoms with E-state index in [9.17, 15) is 19.5 Å². The lowest BCUT2D eigenvalue weighted by Crippen LogP contribution is -2.34. The van der Waals surface area contributed by atoms with Crippen LogP contribution in [-0.4, -0.2) is 46.9 Å². The first-order chi connectivity index (χ1) is 15.3. The number of ether oxygens (including phenoxy) is 3. The van der Waals surface area contributed by atoms with Gasteiger partial charge < -0.3 is 24.6 Å². The van der Waals surface area contributed by atoms with Crippen LogP contribution in [0.1, 0.15) is 27.7 Å². The van der Waals surface area contributed by atoms with Gasteiger partial charge in [0.1, 0.15) is 11.9 Å². The molecule has 1 atom stereocenters. The van der Waals surface area contributed by atoms with Crippen LogP contribution in [0, 0.1) is 0 Å². The number of carbonyl (C=O) groups excluding carboxylic acids is 1. The molecule has 1 unspecified atom stereocenters. The lowest BCUT2D eigenvalue weighted by atomic mass is 10.0. The van der Waals surface area contributed by atoms with E-state index in [1.807, 2.05) is 0 Å². The van der Waals surface area contributed by atoms with Crippen LogP contribution in [0.5, 0.6) is 17.2 Å². The summed E-state index contributed by atoms with van der Waals surface area (Å²) in [6, 6.07) is 6.41. The maximum Gasteiger partial charge on any atom is 0.329 e. The van der Waals surface area contributed by atoms with Crippen LogP contribution in [0.2, 0.25) is 0 Å². The highest BCUT2D eigenvalue weighted by Crippen LogP contribution is 2.41. The first kappa shape index (κ1) is 21.1. The number of rotatable bonds is 4. The molecule has 0 aliphatic carbocycles. The lowest BCUT2D eigenvalue weighted by Gasteiger charge is -2.16. The molecule has 2 aromatic heterocycles. The Kier molecular flexibility index (Phi) is 5.18. The zero-order valence-electron chi connectivity index (χ0n) is 17.7. The molecule has 3 heterocycles. The number of aliphatic hydroxyl groups is 1. The molecular formula is C21H20N4O7. The first-order valence-electron chi connectivity index (χ1n) is 9.44. The van der Waals surface area contributed by atoms with Gasteiger partial charge in [-0.25, -0.2) is 9.78 Å². The Hall–Kier alpha value is -4.12. The van der Waals surface area contributed by atoms with Gasteiger partial charge >= 0.3 is 5.69 Å². The molecule has 3 aromatic rings. The highest BCUT2D eigenvalue weighted by Gasteiger charge is 2.32. The summed E-state index contributed by atoms with van der Waals surface area (Å²) < 4.78 is 17.1. The molecule has 32 heavy (non-hydrogen) atoms. The van der Waals surface area contributed by atoms with Crippen LogP contribution in [0.15, 0.2) is 33.9 Å². The second kappa shape index (κ2) is 7.85. The molecule has 11 heteroatoms. The molecule has 1 aromatic carbocycles. The summed E-state index contributed by atoms with van der Waals surface area (Å²) in [5.74, 6) is 0.488. The van der Waals surface area contributed by atoms with E-state index in [-0.39, 0.29) is 22.6 Å². The number of H-pyrrole nitrogens is 1. The predicted octanol–water partition coefficient (Wildman–Crippen LogP) is 0.809. The number of pyridine rings is 1. The first-order valence-corrected chi connectivity index (χ1v) is 9.44. The Labute approximate surface area is 181 Å². The fourth-order valence-electron chi connectivity index (χ4n) is 3.62. The molecule has 0 fully saturated rings. The number of nitrogens with zero attached hydrogens (tertiary/aromatic N) is 2. The third-order valence-electron chi connectivity index (χ3n) is 5.25. The number of hydrogen-bond donors (Lipinski definition) is 3. The van der Waals surface area contributed by atoms with Crippen LogP contribution in [-0.2, 0) is 7.05 Å². The normalized spacial score (nSPS) is 14.7. The van der Waals surface area contributed by atoms with Crippen molar-refractivity contribution in [1.82, 2.24) is 14.5 Å². The Bertz CT molecular complexity index is 1330. The number of aliphatic hydroxyl groups excluding tert-OH is 1. The van der Waals surface area contributed by atoms with Crippen molar-refractivity contribution in [2.45, 2.75) is 6.10 Å². The summed E-state index contributed by atoms with van der Waals surface area (Å²) in [6.07, 6.45) is -1.56. The molecule has 0 saturated carbocycles. The van der Waals surface area contributed by atoms with E-state index < -0.39 is 23.3 Å². The average molecular weight is 440 g/mol. The molecule has 1 aliphatic heterocycles. The molecule has 0 radical (unpaired) electrons. The molecule has 0 spiro atoms. The van der Waals surface area contributed by atoms with E-state index >= 15 is 0 Å². The van der Waals surface area contributed by atoms with Gasteiger partial charge in [0.2, 0.25) is 5.75 Å². The number of aromatic nitrogens is 3. The molecule has 166 valence electrons. The molecule has 1 aliphatic rings. The quantitative estimate of drug-likeness (QED) is 0.541. The zero-order chi connectivity index (χ0) is 23.2. The highest BCUT2D eigenvalue weighted by molar-refractivity contribution is 6.06. The maximum atomic E-state index is 12.8. The second-order valence-corrected chi connectivity index (χ2v) is 6.98. The van der Waals surface area contributed by atoms with E-state index in [0.717, 1.165) is 4.57 Å². The van der Waals surface area contributed by atoms with Crippen LogP contribution in [0.4, 0.5) is 5.82 Å². The van der Waals surface area contributed by atoms with Crippen molar-refractivity contribution in [2.75, 3.05) is 26.6 Å². The minimum atomic E-state index is -1.56. The van der Waals surface area contributed by atoms with E-state index in [4.69, 9.17) is 14.2 Å². The topological polar surface area (TPSA) is 145 Å². The Balaban J connectivity index is 1.93. The number of carbonyl (C=O) groups is 1. The van der Waals surface area contributed by atoms with Gasteiger partial charge in [-0.2, -0.15) is 0 Å². The van der Waals surface area contributed by atoms with Gasteiger partial charge in [0.15, 0.2) is 11.5 Å². The molecule has 4 rings (SSSR count). The van der Waals surface area contributed by atoms with Crippen molar-refractivity contribution in [3.05, 3.63) is 61.9 Å². The number of nitrogens with one attached hydrogen (secondary N) is 2. The summed E-state index contributed by atoms with van der Waals surface area (Å²) in [7, 11) is 5.81. The van der Waals surface area contributed by atoms with Crippen molar-refractivity contribution < 1.29 is 24.1 Å². The SMILES string of the molecule is COc1cc(-c2ccc3c(n2)C(O)c2c(n(C)c(=O)[nH]c2=O)NC3=O)cc(OC)c1OC. The number of aromatic amines is 1. The minimum absolute atomic E-state index is 0.0309. The summed E-state index contributed by atoms with van der Waals surface area (Å²) in [6.45, 7) is 0. The number of anilines is 1. The fourth-order valence-corrected chi connectivity index (χ4v) is 3.62. The van der Waals surface area contributed by atoms with Crippen molar-refractivity contribution in [3.8, 4) is 28.5 Å². The zero-order valence-corrected chi connectivity index (χ0v) is 17.7. The molecule has 3 N–H and O–H groups in total. The van der Waals surface area contributed by atoms with Gasteiger partial charge in [-0.1, -0.05) is 0 Å². The van der Waals surface area contributed by atoms with Gasteiger partial charge in [0.05, 0.1) is 43.8 Å². The van der Waals surface area contributed by atoms with Gasteiger partial charge in [0.25, 0.3) is 11.5 Å². The third-order valence-corrected chi connectivity index (χ3v) is 5.25. The average Bonchev–Trinajstić information content (AvgIpc) is 2.90. The van der Waals surface area contributed by atoms with E-state index in [1.54, 1.807) is 18.2 Å². The summed E-state index contributed by atoms with van der Waals surface area (Å²) in [5.41, 5.74) is -0.738. The third kappa shape index (κ3) is 3.19. The fraction of sp³-hybridized carbons (Fsp3) is 0.238. The van der Waals surface area contributed by atoms with E-state index in [1.165, 1.54) is 34.4 Å². The van der Waals surface area contributed by atoms with Gasteiger partial charge in [-0.15, -0.1) is 0 Å². The largest absolute Gasteiger partial charge is 0.493 e. The molecule has 11 nitrogen and oxygen atoms in total. The van der Waals surface area contributed by atoms with Crippen LogP contribution in [0.3, 0.4) is 0 Å². The monoisotopic (exact) mass is 440 g/mol. The summed E-state index contributed by atoms with van der Waals surface area (Å²) in [4.78, 5) is 43.8. The van der Waals surface area contributed by atoms with Gasteiger partial charge in [0, 0.05) is 12.6 Å². The predicted molar refractivity (Wildman–Crippen MR) is 114 cm³/mol. The van der Waals surface area contributed by atoms with E-state index in [2.05, 4.69) is 15.3 Å². The van der Waals surface area contributed by atoms with Crippen molar-refractivity contribution >= 4 is 11.7 Å². The summed E-state index contributed by atoms with van der Waals surface area (Å²) >= 11 is 0. The van der Waals surface area contributed by atoms with Crippen LogP contribution in [0.25, 0.3) is 11.3 Å². The number of amides is 1. The molecule has 0 bridgehead atoms. The molecular weight excluding hydrogens is 420 g/mol. The molecule has 1 amide bonds. The van der Waals surface area contributed by atoms with Gasteiger partial charge in [-0.3, -0.25) is 19.1 Å². The number of methoxy groups -OCH3 is 3. The van der Waals surface area contributed by atoms with Crippen LogP contribution >= 0.6 is 0 Å². The maximum absolute atomic E-state index is 12.8. The Morgan fingerprint density at radius 3 is 2.28 bits per heavy atom. The Morgan fingerprint density at radius 2 is 1.69 bits per heavy atom. The standard InChI is InChI=1S/C21H20N4O7/c1-25-18-14(20(28)24-21(25)29)16(26)15-10(19(27)23-18)5-6-11(22-15)9-7-12(30-2)17(32-4)13(8-9)31-3/h5-8,16,26H,1-4H3,(H,23,27)(H,24,28,29). The highest BCUT2D eigenvalue weighted by atomic mass is 16.5. The lowest BCUT2D eigenvalue weighted by molar-refractivity contribution is 0.102. The van der Waals surface area contributed by atoms with Crippen molar-refractivity contribution in [2.24, 2.45) is 7.05 Å². The number of hydrogen-bond acceptors (Lipinski definition) is 8. The smallest absolute Gasteiger partial charge is 0.329 e. The number of benzene rings is 1. The number of fused-ring (bicyclic) bond motifs is 2. The molecule has 0 saturated heterocycles. The van der Waals surface area contributed by atoms with Gasteiger partial charge in [-0.05, 0) is 24.3 Å². The van der Waals surface area contributed by atoms with Crippen molar-refractivity contribution in [3.63, 3.8) is 0 Å². The van der Waals surface area contributed by atoms with Crippen LogP contribution < -0.4 is 30.8 Å². The summed E-state index contributed by atoms with van der Waals surface area (Å²) in [5, 5.41) is 13.5. The Morgan fingerprint density at radius 1 is 1.03 bits per heavy atom.